The molecule has 126 valence electrons. The Morgan fingerprint density at radius 2 is 1.92 bits per heavy atom. The monoisotopic (exact) mass is 337 g/mol. The Morgan fingerprint density at radius 3 is 2.64 bits per heavy atom. The van der Waals surface area contributed by atoms with Gasteiger partial charge in [-0.15, -0.1) is 0 Å². The molecule has 3 aromatic rings. The van der Waals surface area contributed by atoms with E-state index in [1.54, 1.807) is 36.4 Å². The molecule has 3 N–H and O–H groups in total. The fourth-order valence-electron chi connectivity index (χ4n) is 2.16. The van der Waals surface area contributed by atoms with Crippen molar-refractivity contribution in [2.45, 2.75) is 6.92 Å². The average Bonchev–Trinajstić information content (AvgIpc) is 3.13. The highest BCUT2D eigenvalue weighted by molar-refractivity contribution is 6.07. The predicted octanol–water partition coefficient (Wildman–Crippen LogP) is 3.19. The van der Waals surface area contributed by atoms with E-state index in [1.807, 2.05) is 6.92 Å². The van der Waals surface area contributed by atoms with Crippen molar-refractivity contribution in [2.24, 2.45) is 0 Å². The van der Waals surface area contributed by atoms with Gasteiger partial charge in [0.25, 0.3) is 11.8 Å². The third kappa shape index (κ3) is 3.66. The minimum absolute atomic E-state index is 0.0641. The second-order valence-corrected chi connectivity index (χ2v) is 5.29. The smallest absolute Gasteiger partial charge is 0.291 e. The van der Waals surface area contributed by atoms with Crippen LogP contribution in [0.5, 0.6) is 5.75 Å². The lowest BCUT2D eigenvalue weighted by atomic mass is 10.1. The maximum absolute atomic E-state index is 12.4. The quantitative estimate of drug-likeness (QED) is 0.678. The van der Waals surface area contributed by atoms with Crippen LogP contribution < -0.4 is 10.6 Å². The SMILES string of the molecule is Cc1ccc(C(=O)Nc2ncccc2O)cc1NC(=O)c1ccco1. The zero-order valence-corrected chi connectivity index (χ0v) is 13.3. The molecule has 0 aliphatic heterocycles. The predicted molar refractivity (Wildman–Crippen MR) is 91.7 cm³/mol. The fourth-order valence-corrected chi connectivity index (χ4v) is 2.16. The molecule has 0 atom stereocenters. The van der Waals surface area contributed by atoms with Crippen molar-refractivity contribution in [3.05, 3.63) is 71.8 Å². The number of aryl methyl sites for hydroxylation is 1. The van der Waals surface area contributed by atoms with Gasteiger partial charge in [0.2, 0.25) is 0 Å². The van der Waals surface area contributed by atoms with Gasteiger partial charge in [0.15, 0.2) is 17.3 Å². The standard InChI is InChI=1S/C18H15N3O4/c1-11-6-7-12(17(23)21-16-14(22)4-2-8-19-16)10-13(11)20-18(24)15-5-3-9-25-15/h2-10,22H,1H3,(H,20,24)(H,19,21,23). The molecule has 0 radical (unpaired) electrons. The van der Waals surface area contributed by atoms with Gasteiger partial charge in [0.05, 0.1) is 6.26 Å². The molecule has 0 aliphatic rings. The number of nitrogens with one attached hydrogen (secondary N) is 2. The number of nitrogens with zero attached hydrogens (tertiary/aromatic N) is 1. The lowest BCUT2D eigenvalue weighted by Crippen LogP contribution is -2.15. The number of furan rings is 1. The molecule has 0 saturated heterocycles. The van der Waals surface area contributed by atoms with Gasteiger partial charge < -0.3 is 20.2 Å². The summed E-state index contributed by atoms with van der Waals surface area (Å²) in [6.45, 7) is 1.81. The molecule has 0 spiro atoms. The second kappa shape index (κ2) is 6.88. The number of benzene rings is 1. The average molecular weight is 337 g/mol. The number of hydrogen-bond donors (Lipinski definition) is 3. The van der Waals surface area contributed by atoms with E-state index in [0.717, 1.165) is 5.56 Å². The molecule has 0 bridgehead atoms. The summed E-state index contributed by atoms with van der Waals surface area (Å²) < 4.78 is 5.05. The summed E-state index contributed by atoms with van der Waals surface area (Å²) in [7, 11) is 0. The van der Waals surface area contributed by atoms with Crippen molar-refractivity contribution in [2.75, 3.05) is 10.6 Å². The molecular weight excluding hydrogens is 322 g/mol. The number of pyridine rings is 1. The molecule has 2 aromatic heterocycles. The summed E-state index contributed by atoms with van der Waals surface area (Å²) in [5.74, 6) is -0.758. The zero-order valence-electron chi connectivity index (χ0n) is 13.3. The van der Waals surface area contributed by atoms with E-state index in [-0.39, 0.29) is 17.3 Å². The van der Waals surface area contributed by atoms with Crippen LogP contribution in [0.1, 0.15) is 26.5 Å². The summed E-state index contributed by atoms with van der Waals surface area (Å²) in [6, 6.07) is 11.0. The Kier molecular flexibility index (Phi) is 4.47. The Morgan fingerprint density at radius 1 is 1.08 bits per heavy atom. The molecule has 2 heterocycles. The van der Waals surface area contributed by atoms with Crippen LogP contribution in [-0.4, -0.2) is 21.9 Å². The van der Waals surface area contributed by atoms with Gasteiger partial charge >= 0.3 is 0 Å². The van der Waals surface area contributed by atoms with Crippen molar-refractivity contribution in [1.29, 1.82) is 0 Å². The summed E-state index contributed by atoms with van der Waals surface area (Å²) in [5.41, 5.74) is 1.59. The molecular formula is C18H15N3O4. The maximum Gasteiger partial charge on any atom is 0.291 e. The van der Waals surface area contributed by atoms with Gasteiger partial charge in [-0.1, -0.05) is 6.07 Å². The third-order valence-corrected chi connectivity index (χ3v) is 3.51. The first kappa shape index (κ1) is 16.3. The number of rotatable bonds is 4. The number of carbonyl (C=O) groups is 2. The number of hydrogen-bond acceptors (Lipinski definition) is 5. The molecule has 0 unspecified atom stereocenters. The number of amides is 2. The van der Waals surface area contributed by atoms with Crippen LogP contribution in [0.4, 0.5) is 11.5 Å². The number of aromatic nitrogens is 1. The molecule has 3 rings (SSSR count). The highest BCUT2D eigenvalue weighted by Gasteiger charge is 2.14. The van der Waals surface area contributed by atoms with E-state index in [9.17, 15) is 14.7 Å². The van der Waals surface area contributed by atoms with Crippen LogP contribution in [0.3, 0.4) is 0 Å². The van der Waals surface area contributed by atoms with Crippen LogP contribution in [-0.2, 0) is 0 Å². The fraction of sp³-hybridized carbons (Fsp3) is 0.0556. The van der Waals surface area contributed by atoms with Crippen molar-refractivity contribution in [3.63, 3.8) is 0 Å². The second-order valence-electron chi connectivity index (χ2n) is 5.29. The molecule has 25 heavy (non-hydrogen) atoms. The lowest BCUT2D eigenvalue weighted by molar-refractivity contribution is 0.0993. The lowest BCUT2D eigenvalue weighted by Gasteiger charge is -2.10. The topological polar surface area (TPSA) is 104 Å². The van der Waals surface area contributed by atoms with Crippen molar-refractivity contribution in [3.8, 4) is 5.75 Å². The van der Waals surface area contributed by atoms with Gasteiger partial charge in [0, 0.05) is 17.4 Å². The number of aromatic hydroxyl groups is 1. The number of carbonyl (C=O) groups excluding carboxylic acids is 2. The van der Waals surface area contributed by atoms with Gasteiger partial charge in [-0.25, -0.2) is 4.98 Å². The van der Waals surface area contributed by atoms with E-state index >= 15 is 0 Å². The van der Waals surface area contributed by atoms with Crippen LogP contribution in [0.25, 0.3) is 0 Å². The first-order chi connectivity index (χ1) is 12.0. The normalized spacial score (nSPS) is 10.3. The largest absolute Gasteiger partial charge is 0.504 e. The van der Waals surface area contributed by atoms with Crippen LogP contribution in [0.2, 0.25) is 0 Å². The minimum atomic E-state index is -0.456. The molecule has 0 fully saturated rings. The number of anilines is 2. The highest BCUT2D eigenvalue weighted by Crippen LogP contribution is 2.22. The Bertz CT molecular complexity index is 920. The van der Waals surface area contributed by atoms with Crippen LogP contribution in [0.15, 0.2) is 59.3 Å². The molecule has 7 nitrogen and oxygen atoms in total. The summed E-state index contributed by atoms with van der Waals surface area (Å²) >= 11 is 0. The summed E-state index contributed by atoms with van der Waals surface area (Å²) in [5, 5.41) is 14.9. The van der Waals surface area contributed by atoms with Crippen molar-refractivity contribution < 1.29 is 19.1 Å². The molecule has 2 amide bonds. The van der Waals surface area contributed by atoms with Gasteiger partial charge in [-0.2, -0.15) is 0 Å². The van der Waals surface area contributed by atoms with Gasteiger partial charge in [0.1, 0.15) is 0 Å². The highest BCUT2D eigenvalue weighted by atomic mass is 16.3. The van der Waals surface area contributed by atoms with Crippen molar-refractivity contribution in [1.82, 2.24) is 4.98 Å². The van der Waals surface area contributed by atoms with E-state index in [2.05, 4.69) is 15.6 Å². The first-order valence-electron chi connectivity index (χ1n) is 7.45. The Labute approximate surface area is 143 Å². The Hall–Kier alpha value is -3.61. The van der Waals surface area contributed by atoms with Crippen LogP contribution >= 0.6 is 0 Å². The molecule has 7 heteroatoms. The van der Waals surface area contributed by atoms with E-state index in [0.29, 0.717) is 11.3 Å². The molecule has 0 saturated carbocycles. The summed E-state index contributed by atoms with van der Waals surface area (Å²) in [4.78, 5) is 28.3. The van der Waals surface area contributed by atoms with Crippen LogP contribution in [0, 0.1) is 6.92 Å². The van der Waals surface area contributed by atoms with E-state index in [4.69, 9.17) is 4.42 Å². The van der Waals surface area contributed by atoms with E-state index < -0.39 is 11.8 Å². The van der Waals surface area contributed by atoms with E-state index in [1.165, 1.54) is 18.5 Å². The minimum Gasteiger partial charge on any atom is -0.504 e. The first-order valence-corrected chi connectivity index (χ1v) is 7.45. The third-order valence-electron chi connectivity index (χ3n) is 3.51. The molecule has 0 aliphatic carbocycles. The molecule has 1 aromatic carbocycles. The zero-order chi connectivity index (χ0) is 17.8. The Balaban J connectivity index is 1.80. The maximum atomic E-state index is 12.4. The van der Waals surface area contributed by atoms with Gasteiger partial charge in [-0.3, -0.25) is 9.59 Å². The van der Waals surface area contributed by atoms with Gasteiger partial charge in [-0.05, 0) is 48.9 Å². The summed E-state index contributed by atoms with van der Waals surface area (Å²) in [6.07, 6.45) is 2.87. The van der Waals surface area contributed by atoms with Crippen molar-refractivity contribution >= 4 is 23.3 Å².